The predicted molar refractivity (Wildman–Crippen MR) is 86.2 cm³/mol. The van der Waals surface area contributed by atoms with Crippen LogP contribution in [0.15, 0.2) is 54.6 Å². The molecule has 0 aliphatic rings. The Balaban J connectivity index is 2.24. The van der Waals surface area contributed by atoms with Crippen LogP contribution in [-0.2, 0) is 16.1 Å². The number of hydrogen-bond donors (Lipinski definition) is 0. The second-order valence-electron chi connectivity index (χ2n) is 4.95. The van der Waals surface area contributed by atoms with E-state index in [4.69, 9.17) is 9.47 Å². The summed E-state index contributed by atoms with van der Waals surface area (Å²) in [5, 5.41) is 0. The number of hydrogen-bond acceptors (Lipinski definition) is 4. The summed E-state index contributed by atoms with van der Waals surface area (Å²) >= 11 is 0. The molecule has 0 radical (unpaired) electrons. The van der Waals surface area contributed by atoms with E-state index in [0.717, 1.165) is 5.56 Å². The van der Waals surface area contributed by atoms with Gasteiger partial charge in [-0.1, -0.05) is 36.4 Å². The lowest BCUT2D eigenvalue weighted by Gasteiger charge is -2.22. The van der Waals surface area contributed by atoms with Gasteiger partial charge in [0.1, 0.15) is 12.3 Å². The Morgan fingerprint density at radius 1 is 1.00 bits per heavy atom. The SMILES string of the molecule is COC(=O)CN(Cc1ccccc1)C(=O)c1cccc(OC)c1. The van der Waals surface area contributed by atoms with Crippen LogP contribution in [-0.4, -0.2) is 37.5 Å². The summed E-state index contributed by atoms with van der Waals surface area (Å²) in [5.41, 5.74) is 1.40. The monoisotopic (exact) mass is 313 g/mol. The van der Waals surface area contributed by atoms with Crippen LogP contribution in [0.2, 0.25) is 0 Å². The van der Waals surface area contributed by atoms with Crippen LogP contribution in [0.4, 0.5) is 0 Å². The Bertz CT molecular complexity index is 670. The van der Waals surface area contributed by atoms with Crippen molar-refractivity contribution in [3.8, 4) is 5.75 Å². The molecule has 2 aromatic carbocycles. The molecule has 2 aromatic rings. The average Bonchev–Trinajstić information content (AvgIpc) is 2.61. The molecular formula is C18H19NO4. The standard InChI is InChI=1S/C18H19NO4/c1-22-16-10-6-9-15(11-16)18(21)19(13-17(20)23-2)12-14-7-4-3-5-8-14/h3-11H,12-13H2,1-2H3. The van der Waals surface area contributed by atoms with E-state index in [1.54, 1.807) is 31.4 Å². The molecule has 0 saturated heterocycles. The van der Waals surface area contributed by atoms with Crippen molar-refractivity contribution in [1.82, 2.24) is 4.90 Å². The fraction of sp³-hybridized carbons (Fsp3) is 0.222. The van der Waals surface area contributed by atoms with Crippen molar-refractivity contribution in [2.75, 3.05) is 20.8 Å². The molecule has 0 atom stereocenters. The number of esters is 1. The van der Waals surface area contributed by atoms with Gasteiger partial charge >= 0.3 is 5.97 Å². The van der Waals surface area contributed by atoms with Crippen molar-refractivity contribution in [1.29, 1.82) is 0 Å². The van der Waals surface area contributed by atoms with E-state index >= 15 is 0 Å². The van der Waals surface area contributed by atoms with E-state index in [9.17, 15) is 9.59 Å². The molecule has 2 rings (SSSR count). The van der Waals surface area contributed by atoms with Gasteiger partial charge in [-0.05, 0) is 23.8 Å². The summed E-state index contributed by atoms with van der Waals surface area (Å²) in [6.45, 7) is 0.216. The Hall–Kier alpha value is -2.82. The van der Waals surface area contributed by atoms with E-state index in [2.05, 4.69) is 0 Å². The minimum atomic E-state index is -0.461. The van der Waals surface area contributed by atoms with Crippen LogP contribution in [0.1, 0.15) is 15.9 Å². The van der Waals surface area contributed by atoms with E-state index in [0.29, 0.717) is 17.9 Å². The average molecular weight is 313 g/mol. The van der Waals surface area contributed by atoms with Gasteiger partial charge < -0.3 is 14.4 Å². The number of rotatable bonds is 6. The number of carbonyl (C=O) groups excluding carboxylic acids is 2. The Morgan fingerprint density at radius 2 is 1.74 bits per heavy atom. The third kappa shape index (κ3) is 4.57. The molecule has 0 N–H and O–H groups in total. The van der Waals surface area contributed by atoms with Crippen molar-refractivity contribution in [2.45, 2.75) is 6.54 Å². The van der Waals surface area contributed by atoms with Gasteiger partial charge in [0.05, 0.1) is 14.2 Å². The van der Waals surface area contributed by atoms with Crippen LogP contribution in [0.5, 0.6) is 5.75 Å². The van der Waals surface area contributed by atoms with Crippen molar-refractivity contribution in [3.05, 3.63) is 65.7 Å². The van der Waals surface area contributed by atoms with E-state index in [1.165, 1.54) is 12.0 Å². The van der Waals surface area contributed by atoms with Gasteiger partial charge in [-0.2, -0.15) is 0 Å². The van der Waals surface area contributed by atoms with Crippen LogP contribution >= 0.6 is 0 Å². The number of nitrogens with zero attached hydrogens (tertiary/aromatic N) is 1. The molecule has 0 aromatic heterocycles. The lowest BCUT2D eigenvalue weighted by molar-refractivity contribution is -0.141. The van der Waals surface area contributed by atoms with Gasteiger partial charge in [0, 0.05) is 12.1 Å². The zero-order valence-electron chi connectivity index (χ0n) is 13.2. The minimum Gasteiger partial charge on any atom is -0.497 e. The predicted octanol–water partition coefficient (Wildman–Crippen LogP) is 2.51. The molecule has 0 aliphatic carbocycles. The summed E-state index contributed by atoms with van der Waals surface area (Å²) in [6, 6.07) is 16.3. The van der Waals surface area contributed by atoms with E-state index < -0.39 is 5.97 Å². The second-order valence-corrected chi connectivity index (χ2v) is 4.95. The topological polar surface area (TPSA) is 55.8 Å². The molecule has 0 bridgehead atoms. The number of ether oxygens (including phenoxy) is 2. The van der Waals surface area contributed by atoms with Gasteiger partial charge in [-0.25, -0.2) is 0 Å². The smallest absolute Gasteiger partial charge is 0.325 e. The highest BCUT2D eigenvalue weighted by atomic mass is 16.5. The van der Waals surface area contributed by atoms with Crippen LogP contribution in [0.3, 0.4) is 0 Å². The van der Waals surface area contributed by atoms with E-state index in [-0.39, 0.29) is 12.5 Å². The number of amides is 1. The van der Waals surface area contributed by atoms with E-state index in [1.807, 2.05) is 30.3 Å². The van der Waals surface area contributed by atoms with Crippen LogP contribution in [0, 0.1) is 0 Å². The highest BCUT2D eigenvalue weighted by Gasteiger charge is 2.20. The van der Waals surface area contributed by atoms with Crippen molar-refractivity contribution < 1.29 is 19.1 Å². The molecule has 0 unspecified atom stereocenters. The summed E-state index contributed by atoms with van der Waals surface area (Å²) in [4.78, 5) is 25.8. The number of methoxy groups -OCH3 is 2. The number of benzene rings is 2. The maximum Gasteiger partial charge on any atom is 0.325 e. The third-order valence-electron chi connectivity index (χ3n) is 3.37. The molecular weight excluding hydrogens is 294 g/mol. The van der Waals surface area contributed by atoms with Gasteiger partial charge in [0.25, 0.3) is 5.91 Å². The van der Waals surface area contributed by atoms with Gasteiger partial charge in [0.15, 0.2) is 0 Å². The minimum absolute atomic E-state index is 0.110. The zero-order valence-corrected chi connectivity index (χ0v) is 13.2. The zero-order chi connectivity index (χ0) is 16.7. The molecule has 0 saturated carbocycles. The summed E-state index contributed by atoms with van der Waals surface area (Å²) in [6.07, 6.45) is 0. The van der Waals surface area contributed by atoms with Crippen molar-refractivity contribution in [2.24, 2.45) is 0 Å². The Morgan fingerprint density at radius 3 is 2.39 bits per heavy atom. The first-order chi connectivity index (χ1) is 11.1. The quantitative estimate of drug-likeness (QED) is 0.769. The lowest BCUT2D eigenvalue weighted by Crippen LogP contribution is -2.35. The fourth-order valence-electron chi connectivity index (χ4n) is 2.16. The second kappa shape index (κ2) is 7.98. The van der Waals surface area contributed by atoms with Crippen LogP contribution in [0.25, 0.3) is 0 Å². The highest BCUT2D eigenvalue weighted by molar-refractivity contribution is 5.96. The molecule has 120 valence electrons. The van der Waals surface area contributed by atoms with Crippen LogP contribution < -0.4 is 4.74 Å². The summed E-state index contributed by atoms with van der Waals surface area (Å²) < 4.78 is 9.83. The summed E-state index contributed by atoms with van der Waals surface area (Å²) in [5.74, 6) is -0.121. The first kappa shape index (κ1) is 16.5. The Kier molecular flexibility index (Phi) is 5.74. The first-order valence-corrected chi connectivity index (χ1v) is 7.18. The largest absolute Gasteiger partial charge is 0.497 e. The third-order valence-corrected chi connectivity index (χ3v) is 3.37. The lowest BCUT2D eigenvalue weighted by atomic mass is 10.1. The van der Waals surface area contributed by atoms with Gasteiger partial charge in [0.2, 0.25) is 0 Å². The molecule has 1 amide bonds. The molecule has 23 heavy (non-hydrogen) atoms. The maximum atomic E-state index is 12.7. The molecule has 0 aliphatic heterocycles. The molecule has 0 fully saturated rings. The Labute approximate surface area is 135 Å². The first-order valence-electron chi connectivity index (χ1n) is 7.18. The molecule has 5 heteroatoms. The van der Waals surface area contributed by atoms with Gasteiger partial charge in [-0.3, -0.25) is 9.59 Å². The van der Waals surface area contributed by atoms with Gasteiger partial charge in [-0.15, -0.1) is 0 Å². The highest BCUT2D eigenvalue weighted by Crippen LogP contribution is 2.16. The normalized spacial score (nSPS) is 10.0. The summed E-state index contributed by atoms with van der Waals surface area (Å²) in [7, 11) is 2.85. The van der Waals surface area contributed by atoms with Crippen molar-refractivity contribution >= 4 is 11.9 Å². The fourth-order valence-corrected chi connectivity index (χ4v) is 2.16. The number of carbonyl (C=O) groups is 2. The molecule has 5 nitrogen and oxygen atoms in total. The molecule has 0 heterocycles. The van der Waals surface area contributed by atoms with Crippen molar-refractivity contribution in [3.63, 3.8) is 0 Å². The molecule has 0 spiro atoms. The maximum absolute atomic E-state index is 12.7.